The van der Waals surface area contributed by atoms with Crippen LogP contribution in [-0.2, 0) is 0 Å². The third-order valence-electron chi connectivity index (χ3n) is 4.38. The largest absolute Gasteiger partial charge is 0.478 e. The van der Waals surface area contributed by atoms with Crippen molar-refractivity contribution < 1.29 is 9.90 Å². The number of benzene rings is 1. The summed E-state index contributed by atoms with van der Waals surface area (Å²) >= 11 is 12.5. The van der Waals surface area contributed by atoms with Gasteiger partial charge in [0.2, 0.25) is 11.9 Å². The standard InChI is InChI=1S/C15H17Cl2N5O2/c16-10-8(12(23)24)4-5-9(11(10)17)22-14(19)20-13(18)21-15(22)6-2-1-3-7-15/h4-5H,1-3,6-7H2,(H,23,24)(H4,18,19,20,21). The summed E-state index contributed by atoms with van der Waals surface area (Å²) in [6.07, 6.45) is 4.55. The predicted molar refractivity (Wildman–Crippen MR) is 95.0 cm³/mol. The quantitative estimate of drug-likeness (QED) is 0.740. The molecule has 7 nitrogen and oxygen atoms in total. The topological polar surface area (TPSA) is 117 Å². The van der Waals surface area contributed by atoms with E-state index in [0.717, 1.165) is 32.1 Å². The summed E-state index contributed by atoms with van der Waals surface area (Å²) in [5.41, 5.74) is 11.7. The SMILES string of the molecule is NC1=NC2(CCCCC2)N(c2ccc(C(=O)O)c(Cl)c2Cl)C(N)=N1. The maximum Gasteiger partial charge on any atom is 0.337 e. The minimum Gasteiger partial charge on any atom is -0.478 e. The first kappa shape index (κ1) is 16.9. The lowest BCUT2D eigenvalue weighted by Gasteiger charge is -2.45. The molecule has 1 aliphatic carbocycles. The second-order valence-electron chi connectivity index (χ2n) is 5.88. The van der Waals surface area contributed by atoms with Crippen molar-refractivity contribution >= 4 is 46.8 Å². The van der Waals surface area contributed by atoms with Crippen molar-refractivity contribution in [1.82, 2.24) is 0 Å². The molecule has 5 N–H and O–H groups in total. The number of guanidine groups is 2. The van der Waals surface area contributed by atoms with Crippen LogP contribution in [0, 0.1) is 0 Å². The van der Waals surface area contributed by atoms with Gasteiger partial charge in [0.15, 0.2) is 0 Å². The van der Waals surface area contributed by atoms with Crippen molar-refractivity contribution in [2.24, 2.45) is 21.5 Å². The van der Waals surface area contributed by atoms with E-state index < -0.39 is 11.6 Å². The van der Waals surface area contributed by atoms with Gasteiger partial charge in [-0.3, -0.25) is 4.90 Å². The van der Waals surface area contributed by atoms with Crippen LogP contribution in [0.4, 0.5) is 5.69 Å². The Bertz CT molecular complexity index is 756. The molecule has 0 bridgehead atoms. The second kappa shape index (κ2) is 6.14. The summed E-state index contributed by atoms with van der Waals surface area (Å²) in [6.45, 7) is 0. The van der Waals surface area contributed by atoms with Crippen LogP contribution in [0.15, 0.2) is 22.1 Å². The molecular formula is C15H17Cl2N5O2. The highest BCUT2D eigenvalue weighted by Crippen LogP contribution is 2.44. The minimum absolute atomic E-state index is 0.0389. The van der Waals surface area contributed by atoms with Gasteiger partial charge in [0.05, 0.1) is 21.3 Å². The Morgan fingerprint density at radius 3 is 2.46 bits per heavy atom. The minimum atomic E-state index is -1.15. The molecule has 1 heterocycles. The summed E-state index contributed by atoms with van der Waals surface area (Å²) < 4.78 is 0. The third kappa shape index (κ3) is 2.67. The molecule has 2 aliphatic rings. The maximum atomic E-state index is 11.2. The second-order valence-corrected chi connectivity index (χ2v) is 6.64. The number of carbonyl (C=O) groups is 1. The Kier molecular flexibility index (Phi) is 4.31. The Morgan fingerprint density at radius 2 is 1.83 bits per heavy atom. The smallest absolute Gasteiger partial charge is 0.337 e. The zero-order valence-electron chi connectivity index (χ0n) is 12.8. The lowest BCUT2D eigenvalue weighted by Crippen LogP contribution is -2.58. The number of rotatable bonds is 2. The van der Waals surface area contributed by atoms with Gasteiger partial charge >= 0.3 is 5.97 Å². The van der Waals surface area contributed by atoms with Crippen LogP contribution < -0.4 is 16.4 Å². The van der Waals surface area contributed by atoms with Crippen molar-refractivity contribution in [2.75, 3.05) is 4.90 Å². The molecule has 1 aromatic rings. The number of aromatic carboxylic acids is 1. The van der Waals surface area contributed by atoms with Crippen LogP contribution in [0.5, 0.6) is 0 Å². The van der Waals surface area contributed by atoms with E-state index in [-0.39, 0.29) is 27.5 Å². The van der Waals surface area contributed by atoms with Gasteiger partial charge in [0, 0.05) is 0 Å². The fraction of sp³-hybridized carbons (Fsp3) is 0.400. The van der Waals surface area contributed by atoms with Crippen LogP contribution in [0.3, 0.4) is 0 Å². The van der Waals surface area contributed by atoms with E-state index in [1.54, 1.807) is 11.0 Å². The fourth-order valence-corrected chi connectivity index (χ4v) is 3.84. The average molecular weight is 370 g/mol. The molecule has 0 unspecified atom stereocenters. The number of nitrogens with two attached hydrogens (primary N) is 2. The highest BCUT2D eigenvalue weighted by atomic mass is 35.5. The number of nitrogens with zero attached hydrogens (tertiary/aromatic N) is 3. The molecule has 1 fully saturated rings. The van der Waals surface area contributed by atoms with E-state index in [2.05, 4.69) is 9.98 Å². The molecule has 24 heavy (non-hydrogen) atoms. The van der Waals surface area contributed by atoms with E-state index in [1.165, 1.54) is 6.07 Å². The normalized spacial score (nSPS) is 19.8. The van der Waals surface area contributed by atoms with Crippen molar-refractivity contribution in [3.8, 4) is 0 Å². The van der Waals surface area contributed by atoms with Gasteiger partial charge in [-0.25, -0.2) is 9.79 Å². The van der Waals surface area contributed by atoms with Gasteiger partial charge in [-0.1, -0.05) is 29.6 Å². The highest BCUT2D eigenvalue weighted by molar-refractivity contribution is 6.45. The molecule has 0 saturated heterocycles. The molecule has 1 saturated carbocycles. The van der Waals surface area contributed by atoms with Crippen LogP contribution in [0.25, 0.3) is 0 Å². The van der Waals surface area contributed by atoms with Gasteiger partial charge in [-0.05, 0) is 37.8 Å². The van der Waals surface area contributed by atoms with E-state index in [9.17, 15) is 9.90 Å². The number of hydrogen-bond acceptors (Lipinski definition) is 6. The Labute approximate surface area is 148 Å². The van der Waals surface area contributed by atoms with Crippen LogP contribution in [0.1, 0.15) is 42.5 Å². The summed E-state index contributed by atoms with van der Waals surface area (Å²) in [5, 5.41) is 9.24. The van der Waals surface area contributed by atoms with Gasteiger partial charge < -0.3 is 16.6 Å². The van der Waals surface area contributed by atoms with Gasteiger partial charge in [0.25, 0.3) is 0 Å². The highest BCUT2D eigenvalue weighted by Gasteiger charge is 2.43. The number of carboxylic acids is 1. The predicted octanol–water partition coefficient (Wildman–Crippen LogP) is 2.80. The summed E-state index contributed by atoms with van der Waals surface area (Å²) in [7, 11) is 0. The van der Waals surface area contributed by atoms with E-state index >= 15 is 0 Å². The summed E-state index contributed by atoms with van der Waals surface area (Å²) in [5.74, 6) is -0.844. The Morgan fingerprint density at radius 1 is 1.17 bits per heavy atom. The lowest BCUT2D eigenvalue weighted by atomic mass is 9.87. The molecule has 1 aliphatic heterocycles. The van der Waals surface area contributed by atoms with E-state index in [4.69, 9.17) is 34.7 Å². The first-order valence-electron chi connectivity index (χ1n) is 7.57. The molecule has 1 aromatic carbocycles. The van der Waals surface area contributed by atoms with Crippen molar-refractivity contribution in [3.05, 3.63) is 27.7 Å². The van der Waals surface area contributed by atoms with Crippen molar-refractivity contribution in [2.45, 2.75) is 37.8 Å². The van der Waals surface area contributed by atoms with Crippen molar-refractivity contribution in [1.29, 1.82) is 0 Å². The molecule has 3 rings (SSSR count). The molecule has 0 radical (unpaired) electrons. The number of carboxylic acid groups (broad SMARTS) is 1. The van der Waals surface area contributed by atoms with E-state index in [0.29, 0.717) is 5.69 Å². The molecular weight excluding hydrogens is 353 g/mol. The number of halogens is 2. The average Bonchev–Trinajstić information content (AvgIpc) is 2.51. The summed E-state index contributed by atoms with van der Waals surface area (Å²) in [6, 6.07) is 2.98. The number of hydrogen-bond donors (Lipinski definition) is 3. The lowest BCUT2D eigenvalue weighted by molar-refractivity contribution is 0.0697. The summed E-state index contributed by atoms with van der Waals surface area (Å²) in [4.78, 5) is 21.5. The molecule has 0 atom stereocenters. The third-order valence-corrected chi connectivity index (χ3v) is 5.26. The van der Waals surface area contributed by atoms with Gasteiger partial charge in [0.1, 0.15) is 5.66 Å². The van der Waals surface area contributed by atoms with Crippen molar-refractivity contribution in [3.63, 3.8) is 0 Å². The van der Waals surface area contributed by atoms with Gasteiger partial charge in [-0.2, -0.15) is 4.99 Å². The molecule has 0 amide bonds. The molecule has 1 spiro atoms. The Hall–Kier alpha value is -1.99. The molecule has 128 valence electrons. The molecule has 9 heteroatoms. The Balaban J connectivity index is 2.14. The monoisotopic (exact) mass is 369 g/mol. The first-order chi connectivity index (χ1) is 11.4. The van der Waals surface area contributed by atoms with Crippen LogP contribution in [-0.4, -0.2) is 28.7 Å². The van der Waals surface area contributed by atoms with Crippen LogP contribution in [0.2, 0.25) is 10.0 Å². The fourth-order valence-electron chi connectivity index (χ4n) is 3.35. The maximum absolute atomic E-state index is 11.2. The zero-order chi connectivity index (χ0) is 17.5. The van der Waals surface area contributed by atoms with Gasteiger partial charge in [-0.15, -0.1) is 0 Å². The number of aliphatic imine (C=N–C) groups is 2. The molecule has 0 aromatic heterocycles. The zero-order valence-corrected chi connectivity index (χ0v) is 14.3. The number of anilines is 1. The van der Waals surface area contributed by atoms with E-state index in [1.807, 2.05) is 0 Å². The van der Waals surface area contributed by atoms with Crippen LogP contribution >= 0.6 is 23.2 Å². The first-order valence-corrected chi connectivity index (χ1v) is 8.32.